The topological polar surface area (TPSA) is 57.3 Å². The van der Waals surface area contributed by atoms with Crippen molar-refractivity contribution in [1.82, 2.24) is 10.3 Å². The van der Waals surface area contributed by atoms with Gasteiger partial charge in [-0.25, -0.2) is 4.98 Å². The predicted octanol–water partition coefficient (Wildman–Crippen LogP) is 8.41. The highest BCUT2D eigenvalue weighted by atomic mass is 35.5. The van der Waals surface area contributed by atoms with E-state index in [4.69, 9.17) is 11.6 Å². The molecule has 2 N–H and O–H groups in total. The van der Waals surface area contributed by atoms with E-state index < -0.39 is 11.7 Å². The van der Waals surface area contributed by atoms with Gasteiger partial charge < -0.3 is 15.5 Å². The van der Waals surface area contributed by atoms with Crippen LogP contribution in [-0.4, -0.2) is 30.5 Å². The zero-order chi connectivity index (χ0) is 31.4. The number of aromatic nitrogens is 1. The number of hydrogen-bond acceptors (Lipinski definition) is 4. The molecule has 1 aliphatic heterocycles. The van der Waals surface area contributed by atoms with Gasteiger partial charge in [-0.05, 0) is 58.7 Å². The second-order valence-electron chi connectivity index (χ2n) is 10.9. The molecule has 0 saturated heterocycles. The average molecular weight is 627 g/mol. The van der Waals surface area contributed by atoms with Crippen molar-refractivity contribution in [3.05, 3.63) is 148 Å². The summed E-state index contributed by atoms with van der Waals surface area (Å²) in [5.41, 5.74) is 4.46. The van der Waals surface area contributed by atoms with Gasteiger partial charge in [-0.3, -0.25) is 4.79 Å². The van der Waals surface area contributed by atoms with E-state index in [2.05, 4.69) is 39.9 Å². The molecule has 1 amide bonds. The number of benzene rings is 4. The zero-order valence-electron chi connectivity index (χ0n) is 24.2. The van der Waals surface area contributed by atoms with Crippen LogP contribution in [-0.2, 0) is 12.7 Å². The minimum atomic E-state index is -4.49. The van der Waals surface area contributed by atoms with Crippen LogP contribution < -0.4 is 15.5 Å². The maximum atomic E-state index is 13.7. The van der Waals surface area contributed by atoms with E-state index in [0.717, 1.165) is 28.3 Å². The molecule has 5 aromatic rings. The predicted molar refractivity (Wildman–Crippen MR) is 173 cm³/mol. The SMILES string of the molecule is O=C(NCC(c1ccccc1)c1ccccc1)c1ccc(-c2cnc3c(c2)N(Cc2cc(Cl)ccc2C(F)(F)F)CCN3)cc1. The summed E-state index contributed by atoms with van der Waals surface area (Å²) in [7, 11) is 0. The number of nitrogens with zero attached hydrogens (tertiary/aromatic N) is 2. The van der Waals surface area contributed by atoms with E-state index in [-0.39, 0.29) is 29.0 Å². The molecule has 9 heteroatoms. The fraction of sp³-hybridized carbons (Fsp3) is 0.167. The Morgan fingerprint density at radius 3 is 2.20 bits per heavy atom. The highest BCUT2D eigenvalue weighted by Crippen LogP contribution is 2.37. The summed E-state index contributed by atoms with van der Waals surface area (Å²) in [5.74, 6) is 0.426. The summed E-state index contributed by atoms with van der Waals surface area (Å²) >= 11 is 6.08. The van der Waals surface area contributed by atoms with Gasteiger partial charge in [-0.1, -0.05) is 84.4 Å². The third-order valence-electron chi connectivity index (χ3n) is 7.97. The van der Waals surface area contributed by atoms with Crippen molar-refractivity contribution < 1.29 is 18.0 Å². The van der Waals surface area contributed by atoms with Crippen molar-refractivity contribution in [3.8, 4) is 11.1 Å². The molecule has 228 valence electrons. The number of rotatable bonds is 8. The first-order valence-electron chi connectivity index (χ1n) is 14.6. The molecule has 0 radical (unpaired) electrons. The number of hydrogen-bond donors (Lipinski definition) is 2. The molecule has 0 unspecified atom stereocenters. The monoisotopic (exact) mass is 626 g/mol. The van der Waals surface area contributed by atoms with Gasteiger partial charge >= 0.3 is 6.18 Å². The van der Waals surface area contributed by atoms with E-state index in [1.54, 1.807) is 18.3 Å². The van der Waals surface area contributed by atoms with Crippen LogP contribution in [0.1, 0.15) is 38.5 Å². The summed E-state index contributed by atoms with van der Waals surface area (Å²) in [6.45, 7) is 1.50. The van der Waals surface area contributed by atoms with Crippen LogP contribution in [0, 0.1) is 0 Å². The lowest BCUT2D eigenvalue weighted by molar-refractivity contribution is -0.138. The Bertz CT molecular complexity index is 1740. The first-order chi connectivity index (χ1) is 21.8. The third-order valence-corrected chi connectivity index (χ3v) is 8.20. The minimum Gasteiger partial charge on any atom is -0.367 e. The smallest absolute Gasteiger partial charge is 0.367 e. The molecular weight excluding hydrogens is 597 g/mol. The second-order valence-corrected chi connectivity index (χ2v) is 11.3. The molecule has 0 bridgehead atoms. The average Bonchev–Trinajstić information content (AvgIpc) is 3.05. The summed E-state index contributed by atoms with van der Waals surface area (Å²) in [4.78, 5) is 19.6. The Balaban J connectivity index is 1.19. The number of pyridine rings is 1. The molecule has 0 spiro atoms. The number of alkyl halides is 3. The standard InChI is InChI=1S/C36H30ClF3N4O/c37-30-15-16-32(36(38,39)40)29(19-30)23-44-18-17-41-34-33(44)20-28(21-42-34)24-11-13-27(14-12-24)35(45)43-22-31(25-7-3-1-4-8-25)26-9-5-2-6-10-26/h1-16,19-21,31H,17-18,22-23H2,(H,41,42)(H,43,45). The Kier molecular flexibility index (Phi) is 8.76. The Morgan fingerprint density at radius 2 is 1.56 bits per heavy atom. The first kappa shape index (κ1) is 30.2. The zero-order valence-corrected chi connectivity index (χ0v) is 24.9. The Labute approximate surface area is 264 Å². The van der Waals surface area contributed by atoms with E-state index in [1.807, 2.05) is 59.5 Å². The third kappa shape index (κ3) is 6.97. The lowest BCUT2D eigenvalue weighted by Crippen LogP contribution is -2.34. The van der Waals surface area contributed by atoms with E-state index in [9.17, 15) is 18.0 Å². The van der Waals surface area contributed by atoms with Gasteiger partial charge in [0.25, 0.3) is 5.91 Å². The van der Waals surface area contributed by atoms with Gasteiger partial charge in [-0.2, -0.15) is 13.2 Å². The highest BCUT2D eigenvalue weighted by molar-refractivity contribution is 6.30. The van der Waals surface area contributed by atoms with Crippen molar-refractivity contribution in [2.45, 2.75) is 18.6 Å². The number of carbonyl (C=O) groups is 1. The molecule has 6 rings (SSSR count). The Morgan fingerprint density at radius 1 is 0.889 bits per heavy atom. The maximum absolute atomic E-state index is 13.7. The van der Waals surface area contributed by atoms with Crippen LogP contribution >= 0.6 is 11.6 Å². The van der Waals surface area contributed by atoms with Crippen LogP contribution in [0.25, 0.3) is 11.1 Å². The van der Waals surface area contributed by atoms with E-state index in [1.165, 1.54) is 12.1 Å². The van der Waals surface area contributed by atoms with Crippen molar-refractivity contribution in [3.63, 3.8) is 0 Å². The first-order valence-corrected chi connectivity index (χ1v) is 15.0. The van der Waals surface area contributed by atoms with Crippen LogP contribution in [0.3, 0.4) is 0 Å². The molecule has 5 nitrogen and oxygen atoms in total. The number of fused-ring (bicyclic) bond motifs is 1. The van der Waals surface area contributed by atoms with E-state index >= 15 is 0 Å². The molecule has 1 aromatic heterocycles. The lowest BCUT2D eigenvalue weighted by atomic mass is 9.91. The van der Waals surface area contributed by atoms with Crippen LogP contribution in [0.5, 0.6) is 0 Å². The van der Waals surface area contributed by atoms with Gasteiger partial charge in [0.05, 0.1) is 11.3 Å². The summed E-state index contributed by atoms with van der Waals surface area (Å²) in [5, 5.41) is 6.57. The summed E-state index contributed by atoms with van der Waals surface area (Å²) < 4.78 is 41.2. The molecule has 0 aliphatic carbocycles. The van der Waals surface area contributed by atoms with Crippen LogP contribution in [0.2, 0.25) is 5.02 Å². The number of nitrogens with one attached hydrogen (secondary N) is 2. The molecule has 2 heterocycles. The van der Waals surface area contributed by atoms with Crippen molar-refractivity contribution in [1.29, 1.82) is 0 Å². The molecule has 1 aliphatic rings. The van der Waals surface area contributed by atoms with Crippen molar-refractivity contribution in [2.75, 3.05) is 29.9 Å². The maximum Gasteiger partial charge on any atom is 0.416 e. The van der Waals surface area contributed by atoms with Crippen molar-refractivity contribution in [2.24, 2.45) is 0 Å². The lowest BCUT2D eigenvalue weighted by Gasteiger charge is -2.32. The fourth-order valence-electron chi connectivity index (χ4n) is 5.67. The minimum absolute atomic E-state index is 0.00729. The molecule has 0 saturated carbocycles. The van der Waals surface area contributed by atoms with Gasteiger partial charge in [0.15, 0.2) is 0 Å². The number of carbonyl (C=O) groups excluding carboxylic acids is 1. The van der Waals surface area contributed by atoms with E-state index in [0.29, 0.717) is 36.7 Å². The number of anilines is 2. The molecule has 45 heavy (non-hydrogen) atoms. The van der Waals surface area contributed by atoms with Gasteiger partial charge in [0.1, 0.15) is 5.82 Å². The number of halogens is 4. The Hall–Kier alpha value is -4.82. The van der Waals surface area contributed by atoms with Gasteiger partial charge in [0, 0.05) is 54.4 Å². The van der Waals surface area contributed by atoms with Gasteiger partial charge in [-0.15, -0.1) is 0 Å². The van der Waals surface area contributed by atoms with Crippen molar-refractivity contribution >= 4 is 29.0 Å². The largest absolute Gasteiger partial charge is 0.416 e. The van der Waals surface area contributed by atoms with Crippen LogP contribution in [0.4, 0.5) is 24.7 Å². The molecule has 0 fully saturated rings. The summed E-state index contributed by atoms with van der Waals surface area (Å²) in [6.07, 6.45) is -2.77. The highest BCUT2D eigenvalue weighted by Gasteiger charge is 2.34. The number of amides is 1. The normalized spacial score (nSPS) is 12.9. The molecular formula is C36H30ClF3N4O. The molecule has 0 atom stereocenters. The summed E-state index contributed by atoms with van der Waals surface area (Å²) in [6, 6.07) is 33.0. The quantitative estimate of drug-likeness (QED) is 0.182. The second kappa shape index (κ2) is 13.0. The fourth-order valence-corrected chi connectivity index (χ4v) is 5.86. The molecule has 4 aromatic carbocycles. The van der Waals surface area contributed by atoms with Crippen LogP contribution in [0.15, 0.2) is 115 Å². The van der Waals surface area contributed by atoms with Gasteiger partial charge in [0.2, 0.25) is 0 Å².